The fourth-order valence-corrected chi connectivity index (χ4v) is 4.70. The van der Waals surface area contributed by atoms with Crippen molar-refractivity contribution in [3.8, 4) is 0 Å². The maximum atomic E-state index is 12.8. The molecule has 5 heteroatoms. The molecule has 104 valence electrons. The monoisotopic (exact) mass is 306 g/mol. The van der Waals surface area contributed by atoms with E-state index in [1.165, 1.54) is 6.42 Å². The van der Waals surface area contributed by atoms with Crippen LogP contribution in [0.3, 0.4) is 0 Å². The van der Waals surface area contributed by atoms with Crippen molar-refractivity contribution in [2.24, 2.45) is 0 Å². The molecular formula is C15H15ClN2OS. The number of fused-ring (bicyclic) bond motifs is 4. The Morgan fingerprint density at radius 3 is 3.05 bits per heavy atom. The Morgan fingerprint density at radius 1 is 1.25 bits per heavy atom. The Kier molecular flexibility index (Phi) is 2.97. The van der Waals surface area contributed by atoms with E-state index < -0.39 is 0 Å². The quantitative estimate of drug-likeness (QED) is 0.743. The number of rotatable bonds is 0. The highest BCUT2D eigenvalue weighted by molar-refractivity contribution is 7.20. The molecule has 0 fully saturated rings. The summed E-state index contributed by atoms with van der Waals surface area (Å²) in [5.74, 6) is 0.957. The number of aromatic nitrogens is 2. The zero-order valence-electron chi connectivity index (χ0n) is 11.1. The maximum absolute atomic E-state index is 12.8. The highest BCUT2D eigenvalue weighted by Gasteiger charge is 2.23. The van der Waals surface area contributed by atoms with Gasteiger partial charge in [-0.05, 0) is 31.2 Å². The summed E-state index contributed by atoms with van der Waals surface area (Å²) in [6.45, 7) is 0.811. The van der Waals surface area contributed by atoms with Crippen molar-refractivity contribution < 1.29 is 0 Å². The van der Waals surface area contributed by atoms with Crippen LogP contribution in [0.15, 0.2) is 10.9 Å². The van der Waals surface area contributed by atoms with E-state index in [0.29, 0.717) is 0 Å². The Hall–Kier alpha value is -1.13. The minimum atomic E-state index is 0.149. The van der Waals surface area contributed by atoms with Crippen LogP contribution >= 0.6 is 22.9 Å². The summed E-state index contributed by atoms with van der Waals surface area (Å²) < 4.78 is 1.90. The first kappa shape index (κ1) is 12.6. The van der Waals surface area contributed by atoms with E-state index in [9.17, 15) is 4.79 Å². The van der Waals surface area contributed by atoms with Crippen LogP contribution in [0.4, 0.5) is 0 Å². The molecule has 2 aromatic rings. The summed E-state index contributed by atoms with van der Waals surface area (Å²) in [5.41, 5.74) is 1.27. The molecule has 2 aromatic heterocycles. The smallest absolute Gasteiger partial charge is 0.262 e. The Morgan fingerprint density at radius 2 is 2.15 bits per heavy atom. The Labute approximate surface area is 125 Å². The van der Waals surface area contributed by atoms with Crippen molar-refractivity contribution in [1.82, 2.24) is 9.55 Å². The van der Waals surface area contributed by atoms with Gasteiger partial charge in [0.2, 0.25) is 0 Å². The van der Waals surface area contributed by atoms with E-state index in [1.54, 1.807) is 11.3 Å². The van der Waals surface area contributed by atoms with Crippen LogP contribution in [0.2, 0.25) is 0 Å². The average molecular weight is 307 g/mol. The lowest BCUT2D eigenvalue weighted by atomic mass is 10.0. The van der Waals surface area contributed by atoms with Crippen molar-refractivity contribution in [1.29, 1.82) is 0 Å². The molecular weight excluding hydrogens is 292 g/mol. The number of thiophene rings is 1. The largest absolute Gasteiger partial charge is 0.296 e. The molecule has 0 aromatic carbocycles. The van der Waals surface area contributed by atoms with Gasteiger partial charge in [-0.1, -0.05) is 24.1 Å². The number of nitrogens with zero attached hydrogens (tertiary/aromatic N) is 2. The molecule has 0 N–H and O–H groups in total. The number of halogens is 1. The Balaban J connectivity index is 2.05. The van der Waals surface area contributed by atoms with Gasteiger partial charge in [0.25, 0.3) is 5.56 Å². The third-order valence-corrected chi connectivity index (χ3v) is 5.82. The minimum absolute atomic E-state index is 0.149. The fraction of sp³-hybridized carbons (Fsp3) is 0.467. The summed E-state index contributed by atoms with van der Waals surface area (Å²) in [7, 11) is 0. The number of aryl methyl sites for hydroxylation is 2. The Bertz CT molecular complexity index is 787. The van der Waals surface area contributed by atoms with Gasteiger partial charge in [-0.2, -0.15) is 0 Å². The lowest BCUT2D eigenvalue weighted by molar-refractivity contribution is 0.614. The molecule has 0 radical (unpaired) electrons. The average Bonchev–Trinajstić information content (AvgIpc) is 2.65. The molecule has 0 spiro atoms. The van der Waals surface area contributed by atoms with Crippen LogP contribution < -0.4 is 5.56 Å². The van der Waals surface area contributed by atoms with Gasteiger partial charge in [0, 0.05) is 13.0 Å². The van der Waals surface area contributed by atoms with Gasteiger partial charge in [-0.3, -0.25) is 9.36 Å². The van der Waals surface area contributed by atoms with E-state index in [0.717, 1.165) is 70.2 Å². The highest BCUT2D eigenvalue weighted by Crippen LogP contribution is 2.39. The van der Waals surface area contributed by atoms with Gasteiger partial charge in [-0.15, -0.1) is 11.3 Å². The van der Waals surface area contributed by atoms with Gasteiger partial charge >= 0.3 is 0 Å². The van der Waals surface area contributed by atoms with Crippen molar-refractivity contribution in [3.63, 3.8) is 0 Å². The number of hydrogen-bond donors (Lipinski definition) is 0. The van der Waals surface area contributed by atoms with E-state index in [-0.39, 0.29) is 5.56 Å². The molecule has 4 rings (SSSR count). The molecule has 0 atom stereocenters. The predicted molar refractivity (Wildman–Crippen MR) is 83.6 cm³/mol. The van der Waals surface area contributed by atoms with Crippen LogP contribution in [0.25, 0.3) is 15.2 Å². The number of allylic oxidation sites excluding steroid dienone is 1. The first-order valence-electron chi connectivity index (χ1n) is 7.17. The van der Waals surface area contributed by atoms with Crippen molar-refractivity contribution in [2.75, 3.05) is 0 Å². The van der Waals surface area contributed by atoms with Crippen molar-refractivity contribution >= 4 is 38.2 Å². The lowest BCUT2D eigenvalue weighted by Crippen LogP contribution is -2.24. The summed E-state index contributed by atoms with van der Waals surface area (Å²) in [6.07, 6.45) is 8.17. The topological polar surface area (TPSA) is 34.9 Å². The van der Waals surface area contributed by atoms with Crippen LogP contribution in [-0.4, -0.2) is 9.55 Å². The molecule has 3 heterocycles. The van der Waals surface area contributed by atoms with E-state index in [1.807, 2.05) is 10.6 Å². The third kappa shape index (κ3) is 1.78. The van der Waals surface area contributed by atoms with Gasteiger partial charge in [0.05, 0.1) is 15.3 Å². The van der Waals surface area contributed by atoms with Crippen LogP contribution in [0, 0.1) is 0 Å². The third-order valence-electron chi connectivity index (χ3n) is 4.21. The molecule has 0 saturated carbocycles. The van der Waals surface area contributed by atoms with Crippen LogP contribution in [-0.2, 0) is 19.4 Å². The zero-order valence-corrected chi connectivity index (χ0v) is 12.7. The molecule has 3 nitrogen and oxygen atoms in total. The zero-order chi connectivity index (χ0) is 13.7. The number of hydrogen-bond acceptors (Lipinski definition) is 3. The molecule has 1 aliphatic carbocycles. The van der Waals surface area contributed by atoms with E-state index >= 15 is 0 Å². The second-order valence-corrected chi connectivity index (χ2v) is 6.88. The molecule has 0 saturated heterocycles. The molecule has 0 bridgehead atoms. The fourth-order valence-electron chi connectivity index (χ4n) is 3.20. The summed E-state index contributed by atoms with van der Waals surface area (Å²) >= 11 is 7.87. The molecule has 0 amide bonds. The summed E-state index contributed by atoms with van der Waals surface area (Å²) in [4.78, 5) is 19.5. The van der Waals surface area contributed by atoms with Crippen LogP contribution in [0.1, 0.15) is 41.9 Å². The molecule has 1 aliphatic heterocycles. The second-order valence-electron chi connectivity index (χ2n) is 5.48. The molecule has 20 heavy (non-hydrogen) atoms. The first-order chi connectivity index (χ1) is 9.75. The maximum Gasteiger partial charge on any atom is 0.262 e. The summed E-state index contributed by atoms with van der Waals surface area (Å²) in [6, 6.07) is 0. The van der Waals surface area contributed by atoms with Crippen molar-refractivity contribution in [3.05, 3.63) is 32.7 Å². The van der Waals surface area contributed by atoms with Gasteiger partial charge in [0.1, 0.15) is 10.7 Å². The van der Waals surface area contributed by atoms with Crippen LogP contribution in [0.5, 0.6) is 0 Å². The first-order valence-corrected chi connectivity index (χ1v) is 8.36. The highest BCUT2D eigenvalue weighted by atomic mass is 35.5. The minimum Gasteiger partial charge on any atom is -0.296 e. The van der Waals surface area contributed by atoms with E-state index in [4.69, 9.17) is 16.6 Å². The standard InChI is InChI=1S/C15H15ClN2OS/c16-10-6-4-5-9-12-14(20-13(9)10)17-11-7-2-1-3-8-18(11)15(12)19/h6H,1-5,7-8H2. The summed E-state index contributed by atoms with van der Waals surface area (Å²) in [5, 5.41) is 1.61. The van der Waals surface area contributed by atoms with Crippen molar-refractivity contribution in [2.45, 2.75) is 45.1 Å². The van der Waals surface area contributed by atoms with Gasteiger partial charge in [-0.25, -0.2) is 4.98 Å². The molecule has 0 unspecified atom stereocenters. The second kappa shape index (κ2) is 4.71. The van der Waals surface area contributed by atoms with Gasteiger partial charge < -0.3 is 0 Å². The SMILES string of the molecule is O=c1c2c3c(sc2nc2n1CCCCC2)C(Cl)=CCC3. The normalized spacial score (nSPS) is 18.4. The molecule has 2 aliphatic rings. The van der Waals surface area contributed by atoms with Gasteiger partial charge in [0.15, 0.2) is 0 Å². The van der Waals surface area contributed by atoms with E-state index in [2.05, 4.69) is 0 Å². The lowest BCUT2D eigenvalue weighted by Gasteiger charge is -2.10. The predicted octanol–water partition coefficient (Wildman–Crippen LogP) is 3.71.